The Kier molecular flexibility index (Phi) is 2.87. The summed E-state index contributed by atoms with van der Waals surface area (Å²) in [6.07, 6.45) is 0.275. The number of carbonyl (C=O) groups is 1. The number of hydrogen-bond acceptors (Lipinski definition) is 2. The van der Waals surface area contributed by atoms with Crippen LogP contribution in [-0.4, -0.2) is 23.4 Å². The predicted octanol–water partition coefficient (Wildman–Crippen LogP) is 1.02. The van der Waals surface area contributed by atoms with E-state index in [-0.39, 0.29) is 30.5 Å². The number of amides is 1. The molecular formula is C11H12F2N2O. The maximum Gasteiger partial charge on any atom is 0.224 e. The Labute approximate surface area is 91.8 Å². The van der Waals surface area contributed by atoms with Crippen LogP contribution >= 0.6 is 0 Å². The zero-order valence-corrected chi connectivity index (χ0v) is 8.62. The van der Waals surface area contributed by atoms with Crippen LogP contribution in [0.5, 0.6) is 0 Å². The summed E-state index contributed by atoms with van der Waals surface area (Å²) in [6, 6.07) is 3.74. The summed E-state index contributed by atoms with van der Waals surface area (Å²) >= 11 is 0. The van der Waals surface area contributed by atoms with E-state index in [4.69, 9.17) is 5.73 Å². The molecular weight excluding hydrogens is 214 g/mol. The minimum absolute atomic E-state index is 0.0795. The fourth-order valence-corrected chi connectivity index (χ4v) is 1.83. The SMILES string of the molecule is NC1CC(=O)N(Cc2cccc(F)c2F)C1. The quantitative estimate of drug-likeness (QED) is 0.818. The Hall–Kier alpha value is -1.49. The van der Waals surface area contributed by atoms with Crippen molar-refractivity contribution in [3.8, 4) is 0 Å². The fourth-order valence-electron chi connectivity index (χ4n) is 1.83. The van der Waals surface area contributed by atoms with Gasteiger partial charge in [0.2, 0.25) is 5.91 Å². The van der Waals surface area contributed by atoms with Crippen molar-refractivity contribution in [2.45, 2.75) is 19.0 Å². The maximum atomic E-state index is 13.3. The average molecular weight is 226 g/mol. The first kappa shape index (κ1) is 11.0. The van der Waals surface area contributed by atoms with Crippen molar-refractivity contribution in [1.82, 2.24) is 4.90 Å². The van der Waals surface area contributed by atoms with Crippen molar-refractivity contribution in [2.24, 2.45) is 5.73 Å². The second-order valence-electron chi connectivity index (χ2n) is 3.95. The third kappa shape index (κ3) is 2.04. The number of likely N-dealkylation sites (tertiary alicyclic amines) is 1. The van der Waals surface area contributed by atoms with E-state index < -0.39 is 11.6 Å². The number of rotatable bonds is 2. The molecule has 2 rings (SSSR count). The number of carbonyl (C=O) groups excluding carboxylic acids is 1. The number of benzene rings is 1. The third-order valence-corrected chi connectivity index (χ3v) is 2.64. The second kappa shape index (κ2) is 4.17. The standard InChI is InChI=1S/C11H12F2N2O/c12-9-3-1-2-7(11(9)13)5-15-6-8(14)4-10(15)16/h1-3,8H,4-6,14H2. The molecule has 1 aromatic carbocycles. The molecule has 0 radical (unpaired) electrons. The van der Waals surface area contributed by atoms with Gasteiger partial charge < -0.3 is 10.6 Å². The van der Waals surface area contributed by atoms with Crippen LogP contribution in [0.3, 0.4) is 0 Å². The van der Waals surface area contributed by atoms with E-state index >= 15 is 0 Å². The van der Waals surface area contributed by atoms with Crippen molar-refractivity contribution >= 4 is 5.91 Å². The van der Waals surface area contributed by atoms with Gasteiger partial charge in [-0.15, -0.1) is 0 Å². The molecule has 0 aliphatic carbocycles. The van der Waals surface area contributed by atoms with Gasteiger partial charge in [-0.1, -0.05) is 12.1 Å². The van der Waals surface area contributed by atoms with Gasteiger partial charge in [0.25, 0.3) is 0 Å². The highest BCUT2D eigenvalue weighted by Gasteiger charge is 2.27. The lowest BCUT2D eigenvalue weighted by atomic mass is 10.2. The first-order valence-corrected chi connectivity index (χ1v) is 5.04. The number of hydrogen-bond donors (Lipinski definition) is 1. The molecule has 1 unspecified atom stereocenters. The number of nitrogens with two attached hydrogens (primary N) is 1. The van der Waals surface area contributed by atoms with Gasteiger partial charge in [-0.3, -0.25) is 4.79 Å². The number of halogens is 2. The normalized spacial score (nSPS) is 20.6. The summed E-state index contributed by atoms with van der Waals surface area (Å²) in [5.74, 6) is -1.90. The molecule has 0 spiro atoms. The average Bonchev–Trinajstić information content (AvgIpc) is 2.53. The van der Waals surface area contributed by atoms with Crippen LogP contribution in [0.15, 0.2) is 18.2 Å². The van der Waals surface area contributed by atoms with Gasteiger partial charge >= 0.3 is 0 Å². The minimum atomic E-state index is -0.895. The highest BCUT2D eigenvalue weighted by molar-refractivity contribution is 5.79. The van der Waals surface area contributed by atoms with E-state index in [1.807, 2.05) is 0 Å². The van der Waals surface area contributed by atoms with Gasteiger partial charge in [0, 0.05) is 31.1 Å². The van der Waals surface area contributed by atoms with Crippen LogP contribution in [-0.2, 0) is 11.3 Å². The molecule has 5 heteroatoms. The lowest BCUT2D eigenvalue weighted by Gasteiger charge is -2.16. The van der Waals surface area contributed by atoms with E-state index in [0.717, 1.165) is 6.07 Å². The third-order valence-electron chi connectivity index (χ3n) is 2.64. The van der Waals surface area contributed by atoms with E-state index in [2.05, 4.69) is 0 Å². The van der Waals surface area contributed by atoms with Crippen LogP contribution < -0.4 is 5.73 Å². The van der Waals surface area contributed by atoms with Crippen LogP contribution in [0.1, 0.15) is 12.0 Å². The molecule has 0 bridgehead atoms. The van der Waals surface area contributed by atoms with Crippen molar-refractivity contribution in [2.75, 3.05) is 6.54 Å². The van der Waals surface area contributed by atoms with E-state index in [0.29, 0.717) is 6.54 Å². The van der Waals surface area contributed by atoms with Crippen LogP contribution in [0.25, 0.3) is 0 Å². The van der Waals surface area contributed by atoms with Gasteiger partial charge in [-0.05, 0) is 6.07 Å². The molecule has 1 aromatic rings. The Morgan fingerprint density at radius 3 is 2.81 bits per heavy atom. The lowest BCUT2D eigenvalue weighted by Crippen LogP contribution is -2.28. The zero-order valence-electron chi connectivity index (χ0n) is 8.62. The minimum Gasteiger partial charge on any atom is -0.337 e. The van der Waals surface area contributed by atoms with Gasteiger partial charge in [0.05, 0.1) is 0 Å². The molecule has 1 atom stereocenters. The molecule has 2 N–H and O–H groups in total. The molecule has 1 saturated heterocycles. The lowest BCUT2D eigenvalue weighted by molar-refractivity contribution is -0.128. The first-order valence-electron chi connectivity index (χ1n) is 5.04. The molecule has 1 heterocycles. The molecule has 3 nitrogen and oxygen atoms in total. The smallest absolute Gasteiger partial charge is 0.224 e. The van der Waals surface area contributed by atoms with E-state index in [1.54, 1.807) is 0 Å². The molecule has 86 valence electrons. The van der Waals surface area contributed by atoms with E-state index in [9.17, 15) is 13.6 Å². The van der Waals surface area contributed by atoms with Crippen molar-refractivity contribution in [3.63, 3.8) is 0 Å². The molecule has 1 aliphatic heterocycles. The highest BCUT2D eigenvalue weighted by Crippen LogP contribution is 2.17. The molecule has 1 fully saturated rings. The molecule has 16 heavy (non-hydrogen) atoms. The van der Waals surface area contributed by atoms with Crippen LogP contribution in [0.2, 0.25) is 0 Å². The largest absolute Gasteiger partial charge is 0.337 e. The Bertz CT molecular complexity index is 422. The Balaban J connectivity index is 2.15. The molecule has 1 aliphatic rings. The summed E-state index contributed by atoms with van der Waals surface area (Å²) < 4.78 is 26.3. The summed E-state index contributed by atoms with van der Waals surface area (Å²) in [4.78, 5) is 12.9. The highest BCUT2D eigenvalue weighted by atomic mass is 19.2. The maximum absolute atomic E-state index is 13.3. The Morgan fingerprint density at radius 1 is 1.44 bits per heavy atom. The summed E-state index contributed by atoms with van der Waals surface area (Å²) in [6.45, 7) is 0.477. The Morgan fingerprint density at radius 2 is 2.19 bits per heavy atom. The van der Waals surface area contributed by atoms with Gasteiger partial charge in [-0.2, -0.15) is 0 Å². The van der Waals surface area contributed by atoms with E-state index in [1.165, 1.54) is 17.0 Å². The molecule has 0 saturated carbocycles. The molecule has 1 amide bonds. The second-order valence-corrected chi connectivity index (χ2v) is 3.95. The van der Waals surface area contributed by atoms with Crippen molar-refractivity contribution in [1.29, 1.82) is 0 Å². The molecule has 0 aromatic heterocycles. The fraction of sp³-hybridized carbons (Fsp3) is 0.364. The first-order chi connectivity index (χ1) is 7.58. The topological polar surface area (TPSA) is 46.3 Å². The summed E-state index contributed by atoms with van der Waals surface area (Å²) in [5, 5.41) is 0. The van der Waals surface area contributed by atoms with Crippen molar-refractivity contribution < 1.29 is 13.6 Å². The summed E-state index contributed by atoms with van der Waals surface area (Å²) in [5.41, 5.74) is 5.79. The summed E-state index contributed by atoms with van der Waals surface area (Å²) in [7, 11) is 0. The van der Waals surface area contributed by atoms with Gasteiger partial charge in [-0.25, -0.2) is 8.78 Å². The predicted molar refractivity (Wildman–Crippen MR) is 54.4 cm³/mol. The number of nitrogens with zero attached hydrogens (tertiary/aromatic N) is 1. The van der Waals surface area contributed by atoms with Gasteiger partial charge in [0.15, 0.2) is 11.6 Å². The van der Waals surface area contributed by atoms with Gasteiger partial charge in [0.1, 0.15) is 0 Å². The zero-order chi connectivity index (χ0) is 11.7. The van der Waals surface area contributed by atoms with Crippen LogP contribution in [0, 0.1) is 11.6 Å². The van der Waals surface area contributed by atoms with Crippen LogP contribution in [0.4, 0.5) is 8.78 Å². The van der Waals surface area contributed by atoms with Crippen molar-refractivity contribution in [3.05, 3.63) is 35.4 Å². The monoisotopic (exact) mass is 226 g/mol.